The number of nitrogens with zero attached hydrogens (tertiary/aromatic N) is 1. The zero-order chi connectivity index (χ0) is 28.9. The zero-order valence-electron chi connectivity index (χ0n) is 21.8. The maximum absolute atomic E-state index is 15.2. The van der Waals surface area contributed by atoms with Gasteiger partial charge in [-0.1, -0.05) is 12.1 Å². The molecule has 3 atom stereocenters. The molecule has 1 aliphatic rings. The minimum absolute atomic E-state index is 0.0416. The summed E-state index contributed by atoms with van der Waals surface area (Å²) in [6.07, 6.45) is 4.17. The van der Waals surface area contributed by atoms with Crippen LogP contribution < -0.4 is 25.0 Å². The molecule has 11 nitrogen and oxygen atoms in total. The fourth-order valence-electron chi connectivity index (χ4n) is 4.60. The Bertz CT molecular complexity index is 1580. The Balaban J connectivity index is 1.36. The quantitative estimate of drug-likeness (QED) is 0.0996. The number of H-pyrrole nitrogens is 1. The van der Waals surface area contributed by atoms with E-state index in [2.05, 4.69) is 25.5 Å². The van der Waals surface area contributed by atoms with Crippen molar-refractivity contribution in [3.05, 3.63) is 77.6 Å². The second-order valence-corrected chi connectivity index (χ2v) is 9.94. The van der Waals surface area contributed by atoms with Gasteiger partial charge >= 0.3 is 0 Å². The van der Waals surface area contributed by atoms with Crippen molar-refractivity contribution in [2.75, 3.05) is 25.6 Å². The summed E-state index contributed by atoms with van der Waals surface area (Å²) in [6, 6.07) is 9.32. The molecule has 1 fully saturated rings. The minimum atomic E-state index is -2.17. The molecule has 4 aromatic rings. The van der Waals surface area contributed by atoms with Crippen LogP contribution in [0.3, 0.4) is 0 Å². The zero-order valence-corrected chi connectivity index (χ0v) is 22.6. The molecule has 1 unspecified atom stereocenters. The van der Waals surface area contributed by atoms with Gasteiger partial charge in [-0.05, 0) is 37.1 Å². The first kappa shape index (κ1) is 28.6. The fraction of sp³-hybridized carbons (Fsp3) is 0.259. The average Bonchev–Trinajstić information content (AvgIpc) is 3.40. The summed E-state index contributed by atoms with van der Waals surface area (Å²) in [5.41, 5.74) is 3.53. The summed E-state index contributed by atoms with van der Waals surface area (Å²) in [6.45, 7) is 0.668. The van der Waals surface area contributed by atoms with Crippen molar-refractivity contribution in [1.82, 2.24) is 20.2 Å². The Hall–Kier alpha value is -3.95. The number of aromatic nitrogens is 2. The summed E-state index contributed by atoms with van der Waals surface area (Å²) in [7, 11) is 1.48. The Kier molecular flexibility index (Phi) is 8.85. The van der Waals surface area contributed by atoms with Crippen LogP contribution in [0.15, 0.2) is 54.9 Å². The average molecular weight is 588 g/mol. The number of para-hydroxylation sites is 1. The summed E-state index contributed by atoms with van der Waals surface area (Å²) in [5, 5.41) is 3.82. The van der Waals surface area contributed by atoms with Crippen LogP contribution in [0, 0.1) is 11.6 Å². The number of rotatable bonds is 11. The molecule has 41 heavy (non-hydrogen) atoms. The van der Waals surface area contributed by atoms with Crippen LogP contribution in [-0.2, 0) is 16.0 Å². The molecule has 0 saturated carbocycles. The number of halogens is 2. The van der Waals surface area contributed by atoms with Crippen molar-refractivity contribution in [3.63, 3.8) is 0 Å². The number of fused-ring (bicyclic) bond motifs is 1. The normalized spacial score (nSPS) is 17.8. The number of methoxy groups -OCH3 is 1. The molecule has 0 spiro atoms. The number of hydrogen-bond donors (Lipinski definition) is 5. The van der Waals surface area contributed by atoms with Gasteiger partial charge in [-0.15, -0.1) is 0 Å². The number of anilines is 1. The van der Waals surface area contributed by atoms with E-state index in [1.165, 1.54) is 49.8 Å². The molecule has 2 aromatic heterocycles. The lowest BCUT2D eigenvalue weighted by Crippen LogP contribution is -2.43. The van der Waals surface area contributed by atoms with Crippen molar-refractivity contribution < 1.29 is 36.5 Å². The first-order valence-electron chi connectivity index (χ1n) is 12.6. The molecule has 5 N–H and O–H groups in total. The molecule has 0 radical (unpaired) electrons. The highest BCUT2D eigenvalue weighted by molar-refractivity contribution is 7.77. The van der Waals surface area contributed by atoms with Gasteiger partial charge in [0.15, 0.2) is 23.1 Å². The number of ketones is 1. The van der Waals surface area contributed by atoms with Gasteiger partial charge in [0.25, 0.3) is 0 Å². The van der Waals surface area contributed by atoms with Crippen LogP contribution in [0.4, 0.5) is 14.5 Å². The molecule has 0 bridgehead atoms. The van der Waals surface area contributed by atoms with Crippen molar-refractivity contribution in [2.24, 2.45) is 0 Å². The summed E-state index contributed by atoms with van der Waals surface area (Å²) in [4.78, 5) is 23.1. The SMILES string of the molecule is COc1cnc2[nH]cc(C(=O)c3ccc(Oc4ccccc4F)cc3F)c2c1N[C@@H]1CC[C@@H](CNNS(=O)O)OC1. The third-order valence-corrected chi connectivity index (χ3v) is 6.91. The first-order chi connectivity index (χ1) is 19.8. The highest BCUT2D eigenvalue weighted by Gasteiger charge is 2.27. The molecule has 0 aliphatic carbocycles. The number of carbonyl (C=O) groups excluding carboxylic acids is 1. The van der Waals surface area contributed by atoms with Crippen molar-refractivity contribution in [2.45, 2.75) is 25.0 Å². The summed E-state index contributed by atoms with van der Waals surface area (Å²) in [5.74, 6) is -1.66. The van der Waals surface area contributed by atoms with E-state index in [4.69, 9.17) is 18.8 Å². The molecule has 3 heterocycles. The smallest absolute Gasteiger partial charge is 0.245 e. The van der Waals surface area contributed by atoms with E-state index in [9.17, 15) is 13.4 Å². The third-order valence-electron chi connectivity index (χ3n) is 6.59. The monoisotopic (exact) mass is 587 g/mol. The number of ether oxygens (including phenoxy) is 3. The number of nitrogens with one attached hydrogen (secondary N) is 4. The van der Waals surface area contributed by atoms with Gasteiger partial charge in [0.1, 0.15) is 17.2 Å². The number of aromatic amines is 1. The minimum Gasteiger partial charge on any atom is -0.493 e. The molecule has 2 aromatic carbocycles. The van der Waals surface area contributed by atoms with E-state index < -0.39 is 28.7 Å². The predicted octanol–water partition coefficient (Wildman–Crippen LogP) is 4.06. The van der Waals surface area contributed by atoms with Crippen LogP contribution in [0.5, 0.6) is 17.2 Å². The van der Waals surface area contributed by atoms with Gasteiger partial charge in [-0.3, -0.25) is 9.35 Å². The largest absolute Gasteiger partial charge is 0.493 e. The molecular weight excluding hydrogens is 560 g/mol. The predicted molar refractivity (Wildman–Crippen MR) is 147 cm³/mol. The van der Waals surface area contributed by atoms with Crippen LogP contribution in [-0.4, -0.2) is 56.9 Å². The second kappa shape index (κ2) is 12.7. The van der Waals surface area contributed by atoms with E-state index in [-0.39, 0.29) is 34.8 Å². The Morgan fingerprint density at radius 2 is 2.00 bits per heavy atom. The van der Waals surface area contributed by atoms with E-state index in [0.29, 0.717) is 48.5 Å². The van der Waals surface area contributed by atoms with Gasteiger partial charge in [-0.25, -0.2) is 23.4 Å². The van der Waals surface area contributed by atoms with E-state index >= 15 is 4.39 Å². The number of hydrogen-bond acceptors (Lipinski definition) is 8. The summed E-state index contributed by atoms with van der Waals surface area (Å²) >= 11 is -2.17. The van der Waals surface area contributed by atoms with E-state index in [0.717, 1.165) is 6.07 Å². The number of benzene rings is 2. The van der Waals surface area contributed by atoms with Crippen molar-refractivity contribution in [3.8, 4) is 17.2 Å². The second-order valence-electron chi connectivity index (χ2n) is 9.24. The number of carbonyl (C=O) groups is 1. The van der Waals surface area contributed by atoms with E-state index in [1.54, 1.807) is 6.07 Å². The third kappa shape index (κ3) is 6.52. The molecule has 14 heteroatoms. The number of hydrazine groups is 1. The highest BCUT2D eigenvalue weighted by atomic mass is 32.2. The lowest BCUT2D eigenvalue weighted by molar-refractivity contribution is 0.00962. The molecule has 0 amide bonds. The van der Waals surface area contributed by atoms with Gasteiger partial charge in [0.05, 0.1) is 48.2 Å². The topological polar surface area (TPSA) is 147 Å². The number of pyridine rings is 1. The van der Waals surface area contributed by atoms with Gasteiger partial charge in [0.2, 0.25) is 11.3 Å². The van der Waals surface area contributed by atoms with Crippen LogP contribution in [0.25, 0.3) is 11.0 Å². The molecular formula is C27H27F2N5O6S. The van der Waals surface area contributed by atoms with Crippen LogP contribution in [0.2, 0.25) is 0 Å². The van der Waals surface area contributed by atoms with Gasteiger partial charge in [-0.2, -0.15) is 4.83 Å². The van der Waals surface area contributed by atoms with Crippen LogP contribution in [0.1, 0.15) is 28.8 Å². The molecule has 1 aliphatic heterocycles. The maximum atomic E-state index is 15.2. The highest BCUT2D eigenvalue weighted by Crippen LogP contribution is 2.37. The molecule has 216 valence electrons. The standard InChI is InChI=1S/C27H27F2N5O6S/c1-38-23-13-31-27-24(25(23)33-15-6-7-17(39-14-15)11-32-34-41(36)37)19(12-30-27)26(35)18-9-8-16(10-21(18)29)40-22-5-3-2-4-20(22)28/h2-5,8-10,12-13,15,17,32,34H,6-7,11,14H2,1H3,(H,36,37)(H2,30,31,33)/t15-,17+/m1/s1. The van der Waals surface area contributed by atoms with Crippen molar-refractivity contribution in [1.29, 1.82) is 0 Å². The Morgan fingerprint density at radius 3 is 2.71 bits per heavy atom. The lowest BCUT2D eigenvalue weighted by atomic mass is 10.0. The molecule has 1 saturated heterocycles. The van der Waals surface area contributed by atoms with Crippen LogP contribution >= 0.6 is 0 Å². The summed E-state index contributed by atoms with van der Waals surface area (Å²) < 4.78 is 65.5. The Labute approximate surface area is 236 Å². The Morgan fingerprint density at radius 1 is 1.17 bits per heavy atom. The lowest BCUT2D eigenvalue weighted by Gasteiger charge is -2.30. The fourth-order valence-corrected chi connectivity index (χ4v) is 4.81. The first-order valence-corrected chi connectivity index (χ1v) is 13.7. The van der Waals surface area contributed by atoms with Crippen molar-refractivity contribution >= 4 is 33.8 Å². The van der Waals surface area contributed by atoms with Gasteiger partial charge < -0.3 is 24.5 Å². The maximum Gasteiger partial charge on any atom is 0.245 e. The van der Waals surface area contributed by atoms with E-state index in [1.807, 2.05) is 0 Å². The molecule has 5 rings (SSSR count). The van der Waals surface area contributed by atoms with Gasteiger partial charge in [0, 0.05) is 24.8 Å².